The normalized spacial score (nSPS) is 18.7. The third-order valence-electron chi connectivity index (χ3n) is 3.01. The summed E-state index contributed by atoms with van der Waals surface area (Å²) in [5, 5.41) is 6.31. The fourth-order valence-corrected chi connectivity index (χ4v) is 2.13. The maximum atomic E-state index is 11.0. The molecule has 0 aromatic heterocycles. The molecule has 1 aromatic carbocycles. The van der Waals surface area contributed by atoms with Crippen molar-refractivity contribution in [2.24, 2.45) is 0 Å². The Bertz CT molecular complexity index is 407. The van der Waals surface area contributed by atoms with Crippen LogP contribution in [0.4, 0.5) is 0 Å². The lowest BCUT2D eigenvalue weighted by atomic mass is 10.2. The molecular weight excluding hydrogens is 228 g/mol. The standard InChI is InChI=1S/C14H20N2O2/c1-2-18-13-5-3-4-11(8-13)9-15-10-12-6-7-14(17)16-12/h3-5,8,12,15H,2,6-7,9-10H2,1H3,(H,16,17). The second-order valence-electron chi connectivity index (χ2n) is 4.51. The number of benzene rings is 1. The van der Waals surface area contributed by atoms with Crippen LogP contribution in [0.1, 0.15) is 25.3 Å². The summed E-state index contributed by atoms with van der Waals surface area (Å²) in [6.07, 6.45) is 1.59. The molecule has 1 aliphatic rings. The molecule has 18 heavy (non-hydrogen) atoms. The van der Waals surface area contributed by atoms with Crippen molar-refractivity contribution < 1.29 is 9.53 Å². The summed E-state index contributed by atoms with van der Waals surface area (Å²) in [6, 6.07) is 8.36. The molecule has 0 bridgehead atoms. The van der Waals surface area contributed by atoms with Crippen LogP contribution < -0.4 is 15.4 Å². The first kappa shape index (κ1) is 12.9. The van der Waals surface area contributed by atoms with Gasteiger partial charge in [0.25, 0.3) is 0 Å². The van der Waals surface area contributed by atoms with E-state index in [1.807, 2.05) is 25.1 Å². The van der Waals surface area contributed by atoms with Crippen LogP contribution in [0.3, 0.4) is 0 Å². The lowest BCUT2D eigenvalue weighted by molar-refractivity contribution is -0.119. The summed E-state index contributed by atoms with van der Waals surface area (Å²) in [4.78, 5) is 11.0. The maximum absolute atomic E-state index is 11.0. The van der Waals surface area contributed by atoms with E-state index in [0.717, 1.165) is 25.3 Å². The molecular formula is C14H20N2O2. The maximum Gasteiger partial charge on any atom is 0.220 e. The van der Waals surface area contributed by atoms with E-state index < -0.39 is 0 Å². The summed E-state index contributed by atoms with van der Waals surface area (Å²) >= 11 is 0. The second kappa shape index (κ2) is 6.40. The molecule has 1 aliphatic heterocycles. The van der Waals surface area contributed by atoms with Gasteiger partial charge in [-0.25, -0.2) is 0 Å². The first-order valence-corrected chi connectivity index (χ1v) is 6.49. The molecule has 1 aromatic rings. The summed E-state index contributed by atoms with van der Waals surface area (Å²) in [5.41, 5.74) is 1.20. The van der Waals surface area contributed by atoms with Gasteiger partial charge in [0, 0.05) is 25.6 Å². The van der Waals surface area contributed by atoms with Gasteiger partial charge < -0.3 is 15.4 Å². The average Bonchev–Trinajstić information content (AvgIpc) is 2.76. The third-order valence-corrected chi connectivity index (χ3v) is 3.01. The zero-order chi connectivity index (χ0) is 12.8. The van der Waals surface area contributed by atoms with Crippen molar-refractivity contribution in [2.75, 3.05) is 13.2 Å². The van der Waals surface area contributed by atoms with Crippen molar-refractivity contribution >= 4 is 5.91 Å². The molecule has 2 rings (SSSR count). The highest BCUT2D eigenvalue weighted by Gasteiger charge is 2.19. The van der Waals surface area contributed by atoms with Gasteiger partial charge in [-0.15, -0.1) is 0 Å². The molecule has 0 aliphatic carbocycles. The number of hydrogen-bond acceptors (Lipinski definition) is 3. The summed E-state index contributed by atoms with van der Waals surface area (Å²) in [5.74, 6) is 1.08. The van der Waals surface area contributed by atoms with E-state index in [0.29, 0.717) is 13.0 Å². The van der Waals surface area contributed by atoms with Crippen LogP contribution in [0.2, 0.25) is 0 Å². The van der Waals surface area contributed by atoms with Crippen LogP contribution in [0, 0.1) is 0 Å². The van der Waals surface area contributed by atoms with Gasteiger partial charge in [0.2, 0.25) is 5.91 Å². The number of hydrogen-bond donors (Lipinski definition) is 2. The minimum absolute atomic E-state index is 0.167. The van der Waals surface area contributed by atoms with Gasteiger partial charge in [-0.1, -0.05) is 12.1 Å². The van der Waals surface area contributed by atoms with Crippen molar-refractivity contribution in [3.8, 4) is 5.75 Å². The Morgan fingerprint density at radius 2 is 2.39 bits per heavy atom. The van der Waals surface area contributed by atoms with E-state index in [9.17, 15) is 4.79 Å². The SMILES string of the molecule is CCOc1cccc(CNCC2CCC(=O)N2)c1. The van der Waals surface area contributed by atoms with E-state index in [1.165, 1.54) is 5.56 Å². The summed E-state index contributed by atoms with van der Waals surface area (Å²) in [6.45, 7) is 4.29. The van der Waals surface area contributed by atoms with E-state index >= 15 is 0 Å². The number of carbonyl (C=O) groups is 1. The van der Waals surface area contributed by atoms with E-state index in [4.69, 9.17) is 4.74 Å². The highest BCUT2D eigenvalue weighted by molar-refractivity contribution is 5.78. The van der Waals surface area contributed by atoms with E-state index in [1.54, 1.807) is 0 Å². The van der Waals surface area contributed by atoms with Gasteiger partial charge in [-0.05, 0) is 31.0 Å². The highest BCUT2D eigenvalue weighted by atomic mass is 16.5. The van der Waals surface area contributed by atoms with Crippen molar-refractivity contribution in [2.45, 2.75) is 32.4 Å². The van der Waals surface area contributed by atoms with Gasteiger partial charge in [0.1, 0.15) is 5.75 Å². The summed E-state index contributed by atoms with van der Waals surface area (Å²) in [7, 11) is 0. The molecule has 1 unspecified atom stereocenters. The quantitative estimate of drug-likeness (QED) is 0.801. The molecule has 0 radical (unpaired) electrons. The number of rotatable bonds is 6. The van der Waals surface area contributed by atoms with Crippen molar-refractivity contribution in [3.63, 3.8) is 0 Å². The molecule has 4 nitrogen and oxygen atoms in total. The molecule has 2 N–H and O–H groups in total. The molecule has 0 saturated carbocycles. The second-order valence-corrected chi connectivity index (χ2v) is 4.51. The molecule has 1 heterocycles. The lowest BCUT2D eigenvalue weighted by Gasteiger charge is -2.12. The zero-order valence-electron chi connectivity index (χ0n) is 10.7. The monoisotopic (exact) mass is 248 g/mol. The van der Waals surface area contributed by atoms with E-state index in [-0.39, 0.29) is 11.9 Å². The first-order valence-electron chi connectivity index (χ1n) is 6.49. The Labute approximate surface area is 108 Å². The van der Waals surface area contributed by atoms with Crippen LogP contribution in [0.5, 0.6) is 5.75 Å². The Kier molecular flexibility index (Phi) is 4.59. The molecule has 4 heteroatoms. The molecule has 1 amide bonds. The zero-order valence-corrected chi connectivity index (χ0v) is 10.7. The Morgan fingerprint density at radius 1 is 1.50 bits per heavy atom. The highest BCUT2D eigenvalue weighted by Crippen LogP contribution is 2.13. The van der Waals surface area contributed by atoms with E-state index in [2.05, 4.69) is 16.7 Å². The molecule has 98 valence electrons. The third kappa shape index (κ3) is 3.74. The van der Waals surface area contributed by atoms with Gasteiger partial charge in [0.05, 0.1) is 6.61 Å². The topological polar surface area (TPSA) is 50.4 Å². The number of ether oxygens (including phenoxy) is 1. The van der Waals surface area contributed by atoms with Crippen LogP contribution in [-0.2, 0) is 11.3 Å². The minimum Gasteiger partial charge on any atom is -0.494 e. The fourth-order valence-electron chi connectivity index (χ4n) is 2.13. The summed E-state index contributed by atoms with van der Waals surface area (Å²) < 4.78 is 5.46. The van der Waals surface area contributed by atoms with Crippen LogP contribution in [0.25, 0.3) is 0 Å². The van der Waals surface area contributed by atoms with Gasteiger partial charge >= 0.3 is 0 Å². The molecule has 1 saturated heterocycles. The van der Waals surface area contributed by atoms with Gasteiger partial charge in [-0.2, -0.15) is 0 Å². The predicted octanol–water partition coefficient (Wildman–Crippen LogP) is 1.45. The van der Waals surface area contributed by atoms with Crippen molar-refractivity contribution in [1.82, 2.24) is 10.6 Å². The smallest absolute Gasteiger partial charge is 0.220 e. The molecule has 0 spiro atoms. The van der Waals surface area contributed by atoms with Crippen molar-refractivity contribution in [3.05, 3.63) is 29.8 Å². The van der Waals surface area contributed by atoms with Crippen molar-refractivity contribution in [1.29, 1.82) is 0 Å². The van der Waals surface area contributed by atoms with Crippen LogP contribution in [-0.4, -0.2) is 25.1 Å². The Morgan fingerprint density at radius 3 is 3.11 bits per heavy atom. The fraction of sp³-hybridized carbons (Fsp3) is 0.500. The van der Waals surface area contributed by atoms with Crippen LogP contribution >= 0.6 is 0 Å². The first-order chi connectivity index (χ1) is 8.78. The number of carbonyl (C=O) groups excluding carboxylic acids is 1. The Balaban J connectivity index is 1.75. The molecule has 1 fully saturated rings. The van der Waals surface area contributed by atoms with Gasteiger partial charge in [-0.3, -0.25) is 4.79 Å². The number of nitrogens with one attached hydrogen (secondary N) is 2. The average molecular weight is 248 g/mol. The predicted molar refractivity (Wildman–Crippen MR) is 70.5 cm³/mol. The number of amides is 1. The van der Waals surface area contributed by atoms with Crippen LogP contribution in [0.15, 0.2) is 24.3 Å². The largest absolute Gasteiger partial charge is 0.494 e. The minimum atomic E-state index is 0.167. The lowest BCUT2D eigenvalue weighted by Crippen LogP contribution is -2.35. The van der Waals surface area contributed by atoms with Gasteiger partial charge in [0.15, 0.2) is 0 Å². The Hall–Kier alpha value is -1.55. The molecule has 1 atom stereocenters.